The minimum absolute atomic E-state index is 0.0844. The van der Waals surface area contributed by atoms with E-state index in [1.54, 1.807) is 11.8 Å². The third kappa shape index (κ3) is 5.39. The van der Waals surface area contributed by atoms with Crippen LogP contribution in [0.15, 0.2) is 70.9 Å². The number of halogens is 1. The fourth-order valence-corrected chi connectivity index (χ4v) is 4.98. The number of rotatable bonds is 9. The number of carbonyl (C=O) groups is 1. The number of imidazole rings is 1. The zero-order chi connectivity index (χ0) is 25.1. The number of thioether (sulfide) groups is 1. The van der Waals surface area contributed by atoms with Gasteiger partial charge in [0.15, 0.2) is 11.0 Å². The van der Waals surface area contributed by atoms with Crippen molar-refractivity contribution >= 4 is 46.9 Å². The number of carbonyl (C=O) groups excluding carboxylic acids is 1. The lowest BCUT2D eigenvalue weighted by molar-refractivity contribution is -0.119. The Labute approximate surface area is 219 Å². The first-order valence-corrected chi connectivity index (χ1v) is 13.3. The average molecular weight is 519 g/mol. The molecule has 3 heterocycles. The molecule has 3 aliphatic rings. The van der Waals surface area contributed by atoms with Crippen LogP contribution in [0.25, 0.3) is 11.5 Å². The lowest BCUT2D eigenvalue weighted by Crippen LogP contribution is -2.31. The van der Waals surface area contributed by atoms with Gasteiger partial charge in [-0.1, -0.05) is 48.5 Å². The van der Waals surface area contributed by atoms with E-state index in [1.807, 2.05) is 85.4 Å². The molecule has 7 nitrogen and oxygen atoms in total. The fourth-order valence-electron chi connectivity index (χ4n) is 4.05. The molecule has 0 saturated carbocycles. The van der Waals surface area contributed by atoms with Gasteiger partial charge in [-0.3, -0.25) is 9.79 Å². The molecule has 2 N–H and O–H groups in total. The van der Waals surface area contributed by atoms with Crippen LogP contribution in [0.3, 0.4) is 0 Å². The van der Waals surface area contributed by atoms with Gasteiger partial charge in [0.1, 0.15) is 11.7 Å². The summed E-state index contributed by atoms with van der Waals surface area (Å²) in [6.45, 7) is 4.77. The van der Waals surface area contributed by atoms with Crippen molar-refractivity contribution in [3.8, 4) is 11.5 Å². The highest BCUT2D eigenvalue weighted by Gasteiger charge is 2.24. The second kappa shape index (κ2) is 10.7. The number of fused-ring (bicyclic) bond motifs is 1. The minimum atomic E-state index is -0.422. The Balaban J connectivity index is 1.33. The molecule has 2 unspecified atom stereocenters. The van der Waals surface area contributed by atoms with Crippen molar-refractivity contribution < 1.29 is 4.79 Å². The molecule has 9 heteroatoms. The number of pyridine rings is 1. The molecule has 1 amide bonds. The maximum absolute atomic E-state index is 13.4. The molecule has 2 aromatic rings. The second-order valence-electron chi connectivity index (χ2n) is 8.75. The number of aryl methyl sites for hydroxylation is 1. The maximum atomic E-state index is 13.4. The van der Waals surface area contributed by atoms with Gasteiger partial charge in [-0.05, 0) is 60.9 Å². The number of aromatic nitrogens is 3. The Kier molecular flexibility index (Phi) is 7.25. The maximum Gasteiger partial charge on any atom is 0.247 e. The number of nitrogens with one attached hydrogen (secondary N) is 2. The Hall–Kier alpha value is -3.36. The van der Waals surface area contributed by atoms with Gasteiger partial charge < -0.3 is 15.2 Å². The zero-order valence-electron chi connectivity index (χ0n) is 20.1. The summed E-state index contributed by atoms with van der Waals surface area (Å²) in [5.41, 5.74) is 4.67. The lowest BCUT2D eigenvalue weighted by Gasteiger charge is -2.23. The molecule has 0 aromatic heterocycles. The van der Waals surface area contributed by atoms with Gasteiger partial charge in [0.05, 0.1) is 12.6 Å². The number of hydrogen-bond donors (Lipinski definition) is 2. The average Bonchev–Trinajstić information content (AvgIpc) is 3.27. The molecule has 0 aliphatic carbocycles. The van der Waals surface area contributed by atoms with Crippen LogP contribution < -0.4 is 10.6 Å². The summed E-state index contributed by atoms with van der Waals surface area (Å²) in [5.74, 6) is 1.36. The summed E-state index contributed by atoms with van der Waals surface area (Å²) in [6.07, 6.45) is 4.41. The Bertz CT molecular complexity index is 1370. The summed E-state index contributed by atoms with van der Waals surface area (Å²) in [5, 5.41) is 7.95. The van der Waals surface area contributed by atoms with E-state index in [1.165, 1.54) is 0 Å². The number of benzene rings is 2. The smallest absolute Gasteiger partial charge is 0.247 e. The van der Waals surface area contributed by atoms with E-state index in [4.69, 9.17) is 16.6 Å². The van der Waals surface area contributed by atoms with E-state index in [0.717, 1.165) is 45.5 Å². The van der Waals surface area contributed by atoms with Crippen molar-refractivity contribution in [1.29, 1.82) is 0 Å². The lowest BCUT2D eigenvalue weighted by atomic mass is 10.1. The van der Waals surface area contributed by atoms with Gasteiger partial charge in [-0.15, -0.1) is 0 Å². The third-order valence-corrected chi connectivity index (χ3v) is 7.30. The number of nitrogens with zero attached hydrogens (tertiary/aromatic N) is 4. The van der Waals surface area contributed by atoms with Gasteiger partial charge in [0, 0.05) is 34.6 Å². The third-order valence-electron chi connectivity index (χ3n) is 6.13. The van der Waals surface area contributed by atoms with Crippen LogP contribution in [0, 0.1) is 6.92 Å². The Morgan fingerprint density at radius 3 is 2.72 bits per heavy atom. The van der Waals surface area contributed by atoms with Crippen molar-refractivity contribution in [1.82, 2.24) is 14.5 Å². The van der Waals surface area contributed by atoms with Crippen LogP contribution >= 0.6 is 23.4 Å². The van der Waals surface area contributed by atoms with E-state index in [0.29, 0.717) is 17.4 Å². The Morgan fingerprint density at radius 2 is 2.00 bits per heavy atom. The van der Waals surface area contributed by atoms with Crippen molar-refractivity contribution in [2.75, 3.05) is 17.2 Å². The first-order chi connectivity index (χ1) is 17.5. The van der Waals surface area contributed by atoms with Gasteiger partial charge in [0.2, 0.25) is 5.91 Å². The van der Waals surface area contributed by atoms with Crippen LogP contribution in [0.5, 0.6) is 0 Å². The van der Waals surface area contributed by atoms with Gasteiger partial charge >= 0.3 is 0 Å². The van der Waals surface area contributed by atoms with Crippen LogP contribution in [-0.4, -0.2) is 39.2 Å². The molecule has 3 aliphatic heterocycles. The largest absolute Gasteiger partial charge is 0.375 e. The summed E-state index contributed by atoms with van der Waals surface area (Å²) < 4.78 is 1.92. The molecule has 0 saturated heterocycles. The molecular formula is C27H27ClN6OS. The van der Waals surface area contributed by atoms with Crippen LogP contribution in [0.2, 0.25) is 5.02 Å². The van der Waals surface area contributed by atoms with E-state index in [2.05, 4.69) is 20.6 Å². The second-order valence-corrected chi connectivity index (χ2v) is 10.1. The SMILES string of the molecule is CCC(C(=O)Nc1cc(NC2C=NC2)ccc1C)n1cccc2nc(SCc3ccc(Cl)cc3)nc1-2. The van der Waals surface area contributed by atoms with Gasteiger partial charge in [0.25, 0.3) is 0 Å². The quantitative estimate of drug-likeness (QED) is 0.262. The molecule has 36 heavy (non-hydrogen) atoms. The monoisotopic (exact) mass is 518 g/mol. The number of anilines is 2. The highest BCUT2D eigenvalue weighted by molar-refractivity contribution is 7.98. The molecule has 5 rings (SSSR count). The predicted molar refractivity (Wildman–Crippen MR) is 148 cm³/mol. The van der Waals surface area contributed by atoms with Crippen molar-refractivity contribution in [3.63, 3.8) is 0 Å². The van der Waals surface area contributed by atoms with Gasteiger partial charge in [-0.25, -0.2) is 9.97 Å². The molecule has 2 aromatic carbocycles. The predicted octanol–water partition coefficient (Wildman–Crippen LogP) is 6.09. The normalized spacial score (nSPS) is 15.5. The van der Waals surface area contributed by atoms with Crippen molar-refractivity contribution in [3.05, 3.63) is 76.9 Å². The molecule has 0 radical (unpaired) electrons. The molecule has 0 bridgehead atoms. The fraction of sp³-hybridized carbons (Fsp3) is 0.259. The Morgan fingerprint density at radius 1 is 1.19 bits per heavy atom. The number of aliphatic imine (C=N–C) groups is 1. The van der Waals surface area contributed by atoms with Crippen molar-refractivity contribution in [2.45, 2.75) is 43.3 Å². The van der Waals surface area contributed by atoms with Crippen LogP contribution in [0.1, 0.15) is 30.5 Å². The van der Waals surface area contributed by atoms with Crippen LogP contribution in [-0.2, 0) is 10.5 Å². The van der Waals surface area contributed by atoms with E-state index < -0.39 is 6.04 Å². The summed E-state index contributed by atoms with van der Waals surface area (Å²) in [6, 6.07) is 17.4. The minimum Gasteiger partial charge on any atom is -0.375 e. The highest BCUT2D eigenvalue weighted by atomic mass is 35.5. The molecule has 184 valence electrons. The first kappa shape index (κ1) is 24.3. The molecule has 0 fully saturated rings. The first-order valence-electron chi connectivity index (χ1n) is 11.9. The standard InChI is InChI=1S/C27H27ClN6OS/c1-3-24(26(35)31-23-13-20(11-6-17(23)2)30-21-14-29-15-21)34-12-4-5-22-25(34)33-27(32-22)36-16-18-7-9-19(28)10-8-18/h4-14,21,24,30H,3,15-16H2,1-2H3,(H,31,35). The zero-order valence-corrected chi connectivity index (χ0v) is 21.7. The summed E-state index contributed by atoms with van der Waals surface area (Å²) in [7, 11) is 0. The van der Waals surface area contributed by atoms with E-state index in [-0.39, 0.29) is 11.9 Å². The summed E-state index contributed by atoms with van der Waals surface area (Å²) >= 11 is 7.55. The topological polar surface area (TPSA) is 84.2 Å². The van der Waals surface area contributed by atoms with Gasteiger partial charge in [-0.2, -0.15) is 0 Å². The molecule has 2 atom stereocenters. The van der Waals surface area contributed by atoms with Crippen molar-refractivity contribution in [2.24, 2.45) is 4.99 Å². The van der Waals surface area contributed by atoms with E-state index in [9.17, 15) is 4.79 Å². The number of amides is 1. The van der Waals surface area contributed by atoms with Crippen LogP contribution in [0.4, 0.5) is 11.4 Å². The number of hydrogen-bond acceptors (Lipinski definition) is 6. The van der Waals surface area contributed by atoms with E-state index >= 15 is 0 Å². The molecular weight excluding hydrogens is 492 g/mol. The summed E-state index contributed by atoms with van der Waals surface area (Å²) in [4.78, 5) is 27.0. The highest BCUT2D eigenvalue weighted by Crippen LogP contribution is 2.30. The molecule has 0 spiro atoms.